The molecule has 0 fully saturated rings. The van der Waals surface area contributed by atoms with Crippen LogP contribution in [0, 0.1) is 6.92 Å². The highest BCUT2D eigenvalue weighted by atomic mass is 35.5. The van der Waals surface area contributed by atoms with Crippen LogP contribution in [0.5, 0.6) is 0 Å². The van der Waals surface area contributed by atoms with E-state index in [1.54, 1.807) is 42.5 Å². The average Bonchev–Trinajstić information content (AvgIpc) is 2.95. The molecule has 1 heterocycles. The van der Waals surface area contributed by atoms with Crippen LogP contribution in [0.2, 0.25) is 5.02 Å². The Labute approximate surface area is 137 Å². The number of nitrogens with zero attached hydrogens (tertiary/aromatic N) is 1. The molecule has 0 saturated heterocycles. The SMILES string of the molecule is Cc1ccc(C(=O)n2cc(C(=O)NN)c3ccccc32)cc1Cl. The number of halogens is 1. The van der Waals surface area contributed by atoms with Crippen LogP contribution in [-0.4, -0.2) is 16.4 Å². The van der Waals surface area contributed by atoms with Crippen LogP contribution in [0.4, 0.5) is 0 Å². The topological polar surface area (TPSA) is 77.1 Å². The summed E-state index contributed by atoms with van der Waals surface area (Å²) in [7, 11) is 0. The molecule has 0 saturated carbocycles. The number of nitrogens with one attached hydrogen (secondary N) is 1. The minimum absolute atomic E-state index is 0.265. The fourth-order valence-electron chi connectivity index (χ4n) is 2.47. The van der Waals surface area contributed by atoms with Crippen LogP contribution in [0.15, 0.2) is 48.7 Å². The van der Waals surface area contributed by atoms with Crippen molar-refractivity contribution in [3.05, 3.63) is 70.4 Å². The number of hydrogen-bond donors (Lipinski definition) is 2. The fourth-order valence-corrected chi connectivity index (χ4v) is 2.65. The standard InChI is InChI=1S/C17H14ClN3O2/c1-10-6-7-11(8-14(10)18)17(23)21-9-13(16(22)20-19)12-4-2-3-5-15(12)21/h2-9H,19H2,1H3,(H,20,22). The van der Waals surface area contributed by atoms with Crippen molar-refractivity contribution in [2.24, 2.45) is 5.84 Å². The van der Waals surface area contributed by atoms with Gasteiger partial charge in [-0.15, -0.1) is 0 Å². The highest BCUT2D eigenvalue weighted by Gasteiger charge is 2.18. The smallest absolute Gasteiger partial charge is 0.267 e. The molecule has 0 aliphatic rings. The lowest BCUT2D eigenvalue weighted by Gasteiger charge is -2.06. The number of aryl methyl sites for hydroxylation is 1. The van der Waals surface area contributed by atoms with Crippen molar-refractivity contribution < 1.29 is 9.59 Å². The predicted molar refractivity (Wildman–Crippen MR) is 89.5 cm³/mol. The molecule has 5 nitrogen and oxygen atoms in total. The zero-order valence-corrected chi connectivity index (χ0v) is 13.1. The van der Waals surface area contributed by atoms with Gasteiger partial charge in [-0.05, 0) is 30.7 Å². The van der Waals surface area contributed by atoms with E-state index < -0.39 is 5.91 Å². The summed E-state index contributed by atoms with van der Waals surface area (Å²) in [5, 5.41) is 1.18. The fraction of sp³-hybridized carbons (Fsp3) is 0.0588. The number of hydrogen-bond acceptors (Lipinski definition) is 3. The summed E-state index contributed by atoms with van der Waals surface area (Å²) in [5.74, 6) is 4.50. The van der Waals surface area contributed by atoms with Gasteiger partial charge in [-0.3, -0.25) is 19.6 Å². The van der Waals surface area contributed by atoms with Crippen molar-refractivity contribution in [1.82, 2.24) is 9.99 Å². The summed E-state index contributed by atoms with van der Waals surface area (Å²) in [4.78, 5) is 24.7. The monoisotopic (exact) mass is 327 g/mol. The number of amides is 1. The molecular weight excluding hydrogens is 314 g/mol. The van der Waals surface area contributed by atoms with E-state index in [2.05, 4.69) is 5.43 Å². The van der Waals surface area contributed by atoms with E-state index in [1.807, 2.05) is 6.92 Å². The maximum absolute atomic E-state index is 12.8. The summed E-state index contributed by atoms with van der Waals surface area (Å²) in [6.07, 6.45) is 1.49. The molecule has 3 aromatic rings. The quantitative estimate of drug-likeness (QED) is 0.431. The molecule has 1 aromatic heterocycles. The van der Waals surface area contributed by atoms with Crippen LogP contribution >= 0.6 is 11.6 Å². The molecule has 6 heteroatoms. The van der Waals surface area contributed by atoms with Crippen LogP contribution in [0.1, 0.15) is 26.3 Å². The maximum atomic E-state index is 12.8. The Kier molecular flexibility index (Phi) is 3.90. The van der Waals surface area contributed by atoms with Gasteiger partial charge in [-0.2, -0.15) is 0 Å². The van der Waals surface area contributed by atoms with Gasteiger partial charge in [0.1, 0.15) is 0 Å². The molecule has 1 amide bonds. The number of benzene rings is 2. The van der Waals surface area contributed by atoms with Crippen LogP contribution in [0.25, 0.3) is 10.9 Å². The number of rotatable bonds is 2. The van der Waals surface area contributed by atoms with Gasteiger partial charge in [-0.1, -0.05) is 35.9 Å². The molecule has 3 N–H and O–H groups in total. The lowest BCUT2D eigenvalue weighted by atomic mass is 10.1. The summed E-state index contributed by atoms with van der Waals surface area (Å²) in [6.45, 7) is 1.87. The first-order chi connectivity index (χ1) is 11.0. The molecule has 0 aliphatic carbocycles. The summed E-state index contributed by atoms with van der Waals surface area (Å²) < 4.78 is 1.43. The number of aromatic nitrogens is 1. The summed E-state index contributed by atoms with van der Waals surface area (Å²) in [6, 6.07) is 12.3. The summed E-state index contributed by atoms with van der Waals surface area (Å²) >= 11 is 6.10. The lowest BCUT2D eigenvalue weighted by Crippen LogP contribution is -2.29. The number of carbonyl (C=O) groups excluding carboxylic acids is 2. The van der Waals surface area contributed by atoms with Crippen molar-refractivity contribution in [2.75, 3.05) is 0 Å². The first-order valence-corrected chi connectivity index (χ1v) is 7.32. The van der Waals surface area contributed by atoms with E-state index in [1.165, 1.54) is 10.8 Å². The molecule has 3 rings (SSSR count). The number of fused-ring (bicyclic) bond motifs is 1. The Hall–Kier alpha value is -2.63. The molecule has 0 unspecified atom stereocenters. The number of para-hydroxylation sites is 1. The molecule has 0 aliphatic heterocycles. The van der Waals surface area contributed by atoms with Crippen LogP contribution in [0.3, 0.4) is 0 Å². The number of carbonyl (C=O) groups is 2. The highest BCUT2D eigenvalue weighted by Crippen LogP contribution is 2.24. The maximum Gasteiger partial charge on any atom is 0.267 e. The highest BCUT2D eigenvalue weighted by molar-refractivity contribution is 6.31. The molecule has 0 bridgehead atoms. The van der Waals surface area contributed by atoms with Crippen molar-refractivity contribution in [3.63, 3.8) is 0 Å². The largest absolute Gasteiger partial charge is 0.290 e. The van der Waals surface area contributed by atoms with Gasteiger partial charge in [0.2, 0.25) is 0 Å². The van der Waals surface area contributed by atoms with E-state index in [0.29, 0.717) is 27.1 Å². The number of nitrogens with two attached hydrogens (primary N) is 1. The average molecular weight is 328 g/mol. The lowest BCUT2D eigenvalue weighted by molar-refractivity contribution is 0.0955. The Bertz CT molecular complexity index is 931. The third-order valence-corrected chi connectivity index (χ3v) is 4.13. The summed E-state index contributed by atoms with van der Waals surface area (Å²) in [5.41, 5.74) is 4.41. The van der Waals surface area contributed by atoms with Gasteiger partial charge in [0, 0.05) is 22.2 Å². The van der Waals surface area contributed by atoms with Gasteiger partial charge < -0.3 is 0 Å². The van der Waals surface area contributed by atoms with E-state index in [4.69, 9.17) is 17.4 Å². The van der Waals surface area contributed by atoms with Gasteiger partial charge in [0.05, 0.1) is 11.1 Å². The van der Waals surface area contributed by atoms with Gasteiger partial charge in [0.15, 0.2) is 0 Å². The normalized spacial score (nSPS) is 10.7. The third kappa shape index (κ3) is 2.60. The molecule has 0 radical (unpaired) electrons. The van der Waals surface area contributed by atoms with E-state index >= 15 is 0 Å². The second-order valence-corrected chi connectivity index (χ2v) is 5.58. The molecule has 23 heavy (non-hydrogen) atoms. The Morgan fingerprint density at radius 2 is 1.91 bits per heavy atom. The molecule has 116 valence electrons. The van der Waals surface area contributed by atoms with Crippen molar-refractivity contribution in [3.8, 4) is 0 Å². The second-order valence-electron chi connectivity index (χ2n) is 5.17. The molecule has 0 spiro atoms. The van der Waals surface area contributed by atoms with E-state index in [-0.39, 0.29) is 5.91 Å². The van der Waals surface area contributed by atoms with Crippen molar-refractivity contribution in [2.45, 2.75) is 6.92 Å². The van der Waals surface area contributed by atoms with Gasteiger partial charge in [0.25, 0.3) is 11.8 Å². The Balaban J connectivity index is 2.17. The van der Waals surface area contributed by atoms with Crippen LogP contribution in [-0.2, 0) is 0 Å². The Morgan fingerprint density at radius 1 is 1.17 bits per heavy atom. The minimum atomic E-state index is -0.449. The first-order valence-electron chi connectivity index (χ1n) is 6.95. The van der Waals surface area contributed by atoms with Crippen molar-refractivity contribution in [1.29, 1.82) is 0 Å². The van der Waals surface area contributed by atoms with Gasteiger partial charge >= 0.3 is 0 Å². The first kappa shape index (κ1) is 15.3. The molecule has 0 atom stereocenters. The van der Waals surface area contributed by atoms with Gasteiger partial charge in [-0.25, -0.2) is 5.84 Å². The van der Waals surface area contributed by atoms with E-state index in [9.17, 15) is 9.59 Å². The number of nitrogen functional groups attached to an aromatic ring is 1. The Morgan fingerprint density at radius 3 is 2.61 bits per heavy atom. The minimum Gasteiger partial charge on any atom is -0.290 e. The molecular formula is C17H14ClN3O2. The second kappa shape index (κ2) is 5.87. The van der Waals surface area contributed by atoms with Crippen molar-refractivity contribution >= 4 is 34.3 Å². The zero-order valence-electron chi connectivity index (χ0n) is 12.3. The number of hydrazine groups is 1. The predicted octanol–water partition coefficient (Wildman–Crippen LogP) is 2.90. The third-order valence-electron chi connectivity index (χ3n) is 3.73. The van der Waals surface area contributed by atoms with E-state index in [0.717, 1.165) is 5.56 Å². The van der Waals surface area contributed by atoms with Crippen LogP contribution < -0.4 is 11.3 Å². The molecule has 2 aromatic carbocycles. The zero-order chi connectivity index (χ0) is 16.6.